The summed E-state index contributed by atoms with van der Waals surface area (Å²) in [6.07, 6.45) is 10.9. The van der Waals surface area contributed by atoms with Gasteiger partial charge in [-0.3, -0.25) is 14.5 Å². The van der Waals surface area contributed by atoms with Crippen LogP contribution in [0.15, 0.2) is 54.3 Å². The van der Waals surface area contributed by atoms with Gasteiger partial charge in [-0.1, -0.05) is 54.8 Å². The zero-order valence-corrected chi connectivity index (χ0v) is 24.4. The molecule has 5 rings (SSSR count). The molecule has 4 unspecified atom stereocenters. The number of ether oxygens (including phenoxy) is 1. The Labute approximate surface area is 239 Å². The topological polar surface area (TPSA) is 61.9 Å². The van der Waals surface area contributed by atoms with Crippen molar-refractivity contribution < 1.29 is 14.3 Å². The summed E-state index contributed by atoms with van der Waals surface area (Å²) in [6, 6.07) is 17.2. The first kappa shape index (κ1) is 28.4. The SMILES string of the molecule is Cc1cccc(CN2C(=O)/C(=C\c3ccc(C(=O)NCCCN4C(C)CCCC4C)cc3)OC3CCCCC32)c1. The van der Waals surface area contributed by atoms with Gasteiger partial charge in [-0.15, -0.1) is 0 Å². The predicted molar refractivity (Wildman–Crippen MR) is 160 cm³/mol. The van der Waals surface area contributed by atoms with Crippen LogP contribution in [0, 0.1) is 6.92 Å². The van der Waals surface area contributed by atoms with E-state index >= 15 is 0 Å². The number of amides is 2. The number of hydrogen-bond acceptors (Lipinski definition) is 4. The first-order valence-electron chi connectivity index (χ1n) is 15.3. The molecule has 2 aromatic rings. The Bertz CT molecular complexity index is 1200. The number of carbonyl (C=O) groups is 2. The number of benzene rings is 2. The Morgan fingerprint density at radius 3 is 2.50 bits per heavy atom. The normalized spacial score (nSPS) is 26.3. The molecule has 1 aliphatic carbocycles. The third-order valence-electron chi connectivity index (χ3n) is 8.98. The van der Waals surface area contributed by atoms with E-state index in [4.69, 9.17) is 4.74 Å². The second-order valence-corrected chi connectivity index (χ2v) is 12.0. The Morgan fingerprint density at radius 1 is 1.00 bits per heavy atom. The van der Waals surface area contributed by atoms with Crippen molar-refractivity contribution in [3.8, 4) is 0 Å². The van der Waals surface area contributed by atoms with E-state index in [0.29, 0.717) is 36.5 Å². The molecule has 2 aromatic carbocycles. The number of nitrogens with one attached hydrogen (secondary N) is 1. The van der Waals surface area contributed by atoms with Crippen LogP contribution in [-0.4, -0.2) is 58.9 Å². The Kier molecular flexibility index (Phi) is 9.25. The van der Waals surface area contributed by atoms with Crippen LogP contribution in [-0.2, 0) is 16.1 Å². The number of rotatable bonds is 8. The van der Waals surface area contributed by atoms with Crippen molar-refractivity contribution >= 4 is 17.9 Å². The quantitative estimate of drug-likeness (QED) is 0.323. The summed E-state index contributed by atoms with van der Waals surface area (Å²) in [5, 5.41) is 3.07. The lowest BCUT2D eigenvalue weighted by Gasteiger charge is -2.44. The van der Waals surface area contributed by atoms with Crippen LogP contribution < -0.4 is 5.32 Å². The van der Waals surface area contributed by atoms with Crippen LogP contribution in [0.25, 0.3) is 6.08 Å². The fourth-order valence-electron chi connectivity index (χ4n) is 6.73. The van der Waals surface area contributed by atoms with Crippen LogP contribution in [0.3, 0.4) is 0 Å². The average molecular weight is 544 g/mol. The molecule has 6 heteroatoms. The van der Waals surface area contributed by atoms with E-state index in [1.807, 2.05) is 35.2 Å². The van der Waals surface area contributed by atoms with Crippen LogP contribution in [0.5, 0.6) is 0 Å². The molecule has 0 aromatic heterocycles. The van der Waals surface area contributed by atoms with E-state index in [0.717, 1.165) is 49.8 Å². The van der Waals surface area contributed by atoms with E-state index in [1.165, 1.54) is 24.8 Å². The first-order chi connectivity index (χ1) is 19.4. The molecular formula is C34H45N3O3. The van der Waals surface area contributed by atoms with Gasteiger partial charge in [0.1, 0.15) is 6.10 Å². The van der Waals surface area contributed by atoms with Gasteiger partial charge < -0.3 is 15.0 Å². The van der Waals surface area contributed by atoms with Crippen molar-refractivity contribution in [1.82, 2.24) is 15.1 Å². The maximum absolute atomic E-state index is 13.6. The number of likely N-dealkylation sites (tertiary alicyclic amines) is 1. The summed E-state index contributed by atoms with van der Waals surface area (Å²) in [5.41, 5.74) is 3.84. The van der Waals surface area contributed by atoms with E-state index in [2.05, 4.69) is 55.3 Å². The lowest BCUT2D eigenvalue weighted by atomic mass is 9.89. The molecule has 6 nitrogen and oxygen atoms in total. The van der Waals surface area contributed by atoms with Crippen molar-refractivity contribution in [2.24, 2.45) is 0 Å². The van der Waals surface area contributed by atoms with E-state index in [1.54, 1.807) is 0 Å². The van der Waals surface area contributed by atoms with Crippen molar-refractivity contribution in [3.63, 3.8) is 0 Å². The second-order valence-electron chi connectivity index (χ2n) is 12.0. The van der Waals surface area contributed by atoms with Crippen LogP contribution in [0.4, 0.5) is 0 Å². The molecule has 3 aliphatic rings. The smallest absolute Gasteiger partial charge is 0.289 e. The molecule has 4 atom stereocenters. The summed E-state index contributed by atoms with van der Waals surface area (Å²) in [7, 11) is 0. The third-order valence-corrected chi connectivity index (χ3v) is 8.98. The fraction of sp³-hybridized carbons (Fsp3) is 0.529. The molecule has 1 N–H and O–H groups in total. The van der Waals surface area contributed by atoms with Crippen LogP contribution >= 0.6 is 0 Å². The molecule has 0 bridgehead atoms. The molecular weight excluding hydrogens is 498 g/mol. The first-order valence-corrected chi connectivity index (χ1v) is 15.3. The number of morpholine rings is 1. The highest BCUT2D eigenvalue weighted by Crippen LogP contribution is 2.34. The number of aryl methyl sites for hydroxylation is 1. The lowest BCUT2D eigenvalue weighted by Crippen LogP contribution is -2.54. The number of nitrogens with zero attached hydrogens (tertiary/aromatic N) is 2. The minimum Gasteiger partial charge on any atom is -0.482 e. The Morgan fingerprint density at radius 2 is 1.75 bits per heavy atom. The lowest BCUT2D eigenvalue weighted by molar-refractivity contribution is -0.149. The van der Waals surface area contributed by atoms with Crippen molar-refractivity contribution in [2.45, 2.75) is 103 Å². The summed E-state index contributed by atoms with van der Waals surface area (Å²) in [5.74, 6) is 0.288. The zero-order valence-electron chi connectivity index (χ0n) is 24.4. The van der Waals surface area contributed by atoms with E-state index in [9.17, 15) is 9.59 Å². The summed E-state index contributed by atoms with van der Waals surface area (Å²) in [4.78, 5) is 31.0. The molecule has 40 heavy (non-hydrogen) atoms. The van der Waals surface area contributed by atoms with Gasteiger partial charge in [0.15, 0.2) is 5.76 Å². The highest BCUT2D eigenvalue weighted by molar-refractivity contribution is 5.97. The van der Waals surface area contributed by atoms with Crippen molar-refractivity contribution in [2.75, 3.05) is 13.1 Å². The molecule has 2 aliphatic heterocycles. The molecule has 0 spiro atoms. The molecule has 2 saturated heterocycles. The van der Waals surface area contributed by atoms with Gasteiger partial charge in [0.25, 0.3) is 11.8 Å². The Hall–Kier alpha value is -3.12. The monoisotopic (exact) mass is 543 g/mol. The van der Waals surface area contributed by atoms with Crippen LogP contribution in [0.1, 0.15) is 92.3 Å². The number of fused-ring (bicyclic) bond motifs is 1. The van der Waals surface area contributed by atoms with Gasteiger partial charge in [0, 0.05) is 37.3 Å². The van der Waals surface area contributed by atoms with E-state index < -0.39 is 0 Å². The molecule has 214 valence electrons. The van der Waals surface area contributed by atoms with Gasteiger partial charge in [0.2, 0.25) is 0 Å². The summed E-state index contributed by atoms with van der Waals surface area (Å²) >= 11 is 0. The maximum Gasteiger partial charge on any atom is 0.289 e. The fourth-order valence-corrected chi connectivity index (χ4v) is 6.73. The minimum atomic E-state index is -0.0571. The molecule has 2 amide bonds. The van der Waals surface area contributed by atoms with E-state index in [-0.39, 0.29) is 24.0 Å². The Balaban J connectivity index is 1.20. The highest BCUT2D eigenvalue weighted by atomic mass is 16.5. The maximum atomic E-state index is 13.6. The van der Waals surface area contributed by atoms with Crippen molar-refractivity contribution in [3.05, 3.63) is 76.5 Å². The highest BCUT2D eigenvalue weighted by Gasteiger charge is 2.41. The standard InChI is InChI=1S/C34H45N3O3/c1-24-9-6-12-28(21-24)23-37-30-13-4-5-14-31(30)40-32(34(37)39)22-27-15-17-29(18-16-27)33(38)35-19-8-20-36-25(2)10-7-11-26(36)3/h6,9,12,15-18,21-22,25-26,30-31H,4-5,7-8,10-11,13-14,19-20,23H2,1-3H3,(H,35,38)/b32-22+. The molecule has 3 fully saturated rings. The van der Waals surface area contributed by atoms with Gasteiger partial charge in [-0.25, -0.2) is 0 Å². The zero-order chi connectivity index (χ0) is 28.1. The van der Waals surface area contributed by atoms with Crippen molar-refractivity contribution in [1.29, 1.82) is 0 Å². The second kappa shape index (κ2) is 13.0. The van der Waals surface area contributed by atoms with Gasteiger partial charge >= 0.3 is 0 Å². The largest absolute Gasteiger partial charge is 0.482 e. The molecule has 1 saturated carbocycles. The summed E-state index contributed by atoms with van der Waals surface area (Å²) < 4.78 is 6.29. The molecule has 2 heterocycles. The number of hydrogen-bond donors (Lipinski definition) is 1. The van der Waals surface area contributed by atoms with Gasteiger partial charge in [-0.2, -0.15) is 0 Å². The van der Waals surface area contributed by atoms with Gasteiger partial charge in [-0.05, 0) is 88.6 Å². The predicted octanol–water partition coefficient (Wildman–Crippen LogP) is 6.09. The van der Waals surface area contributed by atoms with Crippen LogP contribution in [0.2, 0.25) is 0 Å². The average Bonchev–Trinajstić information content (AvgIpc) is 2.95. The molecule has 0 radical (unpaired) electrons. The third kappa shape index (κ3) is 6.77. The number of carbonyl (C=O) groups excluding carboxylic acids is 2. The minimum absolute atomic E-state index is 0.0310. The number of piperidine rings is 1. The van der Waals surface area contributed by atoms with Gasteiger partial charge in [0.05, 0.1) is 6.04 Å². The summed E-state index contributed by atoms with van der Waals surface area (Å²) in [6.45, 7) is 8.99.